The van der Waals surface area contributed by atoms with Gasteiger partial charge in [-0.05, 0) is 36.8 Å². The number of carbonyl (C=O) groups is 1. The molecule has 2 aromatic rings. The summed E-state index contributed by atoms with van der Waals surface area (Å²) in [5.41, 5.74) is 1.64. The quantitative estimate of drug-likeness (QED) is 0.888. The van der Waals surface area contributed by atoms with Gasteiger partial charge in [0.25, 0.3) is 5.91 Å². The number of aliphatic hydroxyl groups is 1. The largest absolute Gasteiger partial charge is 0.391 e. The van der Waals surface area contributed by atoms with Gasteiger partial charge in [0, 0.05) is 36.7 Å². The molecule has 1 N–H and O–H groups in total. The van der Waals surface area contributed by atoms with Crippen LogP contribution >= 0.6 is 0 Å². The summed E-state index contributed by atoms with van der Waals surface area (Å²) in [6.07, 6.45) is 4.19. The number of likely N-dealkylation sites (tertiary alicyclic amines) is 1. The lowest BCUT2D eigenvalue weighted by Crippen LogP contribution is -2.29. The molecule has 1 aromatic carbocycles. The first-order valence-corrected chi connectivity index (χ1v) is 6.45. The number of aromatic nitrogens is 1. The number of nitrogens with zero attached hydrogens (tertiary/aromatic N) is 2. The third kappa shape index (κ3) is 2.39. The maximum absolute atomic E-state index is 12.3. The van der Waals surface area contributed by atoms with Crippen molar-refractivity contribution in [2.75, 3.05) is 13.1 Å². The van der Waals surface area contributed by atoms with Crippen LogP contribution in [-0.2, 0) is 0 Å². The highest BCUT2D eigenvalue weighted by molar-refractivity contribution is 5.95. The molecular weight excluding hydrogens is 240 g/mol. The summed E-state index contributed by atoms with van der Waals surface area (Å²) in [6.45, 7) is 1.07. The number of amides is 1. The van der Waals surface area contributed by atoms with Crippen molar-refractivity contribution >= 4 is 5.91 Å². The predicted octanol–water partition coefficient (Wildman–Crippen LogP) is 1.68. The van der Waals surface area contributed by atoms with E-state index in [0.717, 1.165) is 5.69 Å². The van der Waals surface area contributed by atoms with Gasteiger partial charge in [-0.15, -0.1) is 0 Å². The van der Waals surface area contributed by atoms with Gasteiger partial charge in [0.05, 0.1) is 6.10 Å². The number of benzene rings is 1. The molecule has 19 heavy (non-hydrogen) atoms. The molecule has 1 saturated heterocycles. The van der Waals surface area contributed by atoms with Crippen LogP contribution in [0, 0.1) is 0 Å². The Labute approximate surface area is 111 Å². The van der Waals surface area contributed by atoms with Gasteiger partial charge in [0.15, 0.2) is 0 Å². The summed E-state index contributed by atoms with van der Waals surface area (Å²) < 4.78 is 1.97. The first kappa shape index (κ1) is 12.0. The second-order valence-corrected chi connectivity index (χ2v) is 4.83. The van der Waals surface area contributed by atoms with Crippen LogP contribution in [0.2, 0.25) is 0 Å². The molecule has 1 aliphatic heterocycles. The van der Waals surface area contributed by atoms with Gasteiger partial charge in [0.2, 0.25) is 0 Å². The molecule has 0 spiro atoms. The fourth-order valence-corrected chi connectivity index (χ4v) is 2.42. The summed E-state index contributed by atoms with van der Waals surface area (Å²) in [5, 5.41) is 9.50. The zero-order valence-electron chi connectivity index (χ0n) is 10.6. The van der Waals surface area contributed by atoms with E-state index in [1.54, 1.807) is 4.90 Å². The zero-order valence-corrected chi connectivity index (χ0v) is 10.6. The molecule has 3 rings (SSSR count). The summed E-state index contributed by atoms with van der Waals surface area (Å²) in [7, 11) is 0. The number of hydrogen-bond donors (Lipinski definition) is 1. The number of aliphatic hydroxyl groups excluding tert-OH is 1. The molecule has 0 saturated carbocycles. The van der Waals surface area contributed by atoms with E-state index in [1.165, 1.54) is 0 Å². The van der Waals surface area contributed by atoms with Gasteiger partial charge in [-0.3, -0.25) is 4.79 Å². The van der Waals surface area contributed by atoms with E-state index in [-0.39, 0.29) is 12.0 Å². The van der Waals surface area contributed by atoms with Crippen LogP contribution in [0.3, 0.4) is 0 Å². The Bertz CT molecular complexity index is 578. The second kappa shape index (κ2) is 4.90. The Balaban J connectivity index is 1.85. The normalized spacial score (nSPS) is 18.8. The van der Waals surface area contributed by atoms with Crippen molar-refractivity contribution in [2.45, 2.75) is 12.5 Å². The van der Waals surface area contributed by atoms with Crippen LogP contribution in [0.25, 0.3) is 5.69 Å². The van der Waals surface area contributed by atoms with Crippen molar-refractivity contribution in [2.24, 2.45) is 0 Å². The van der Waals surface area contributed by atoms with E-state index >= 15 is 0 Å². The summed E-state index contributed by atoms with van der Waals surface area (Å²) in [4.78, 5) is 14.0. The highest BCUT2D eigenvalue weighted by Gasteiger charge is 2.25. The van der Waals surface area contributed by atoms with E-state index in [2.05, 4.69) is 0 Å². The molecule has 0 bridgehead atoms. The maximum Gasteiger partial charge on any atom is 0.254 e. The van der Waals surface area contributed by atoms with Crippen molar-refractivity contribution in [3.63, 3.8) is 0 Å². The third-order valence-electron chi connectivity index (χ3n) is 3.45. The number of β-amino-alcohol motifs (C(OH)–C–C–N with tert-alkyl or cyclic N) is 1. The van der Waals surface area contributed by atoms with Gasteiger partial charge in [-0.2, -0.15) is 0 Å². The minimum atomic E-state index is -0.378. The Morgan fingerprint density at radius 1 is 1.21 bits per heavy atom. The van der Waals surface area contributed by atoms with Crippen molar-refractivity contribution in [3.05, 3.63) is 54.4 Å². The first-order valence-electron chi connectivity index (χ1n) is 6.45. The molecule has 1 amide bonds. The summed E-state index contributed by atoms with van der Waals surface area (Å²) >= 11 is 0. The highest BCUT2D eigenvalue weighted by atomic mass is 16.3. The highest BCUT2D eigenvalue weighted by Crippen LogP contribution is 2.16. The predicted molar refractivity (Wildman–Crippen MR) is 72.3 cm³/mol. The lowest BCUT2D eigenvalue weighted by molar-refractivity contribution is 0.0765. The molecule has 1 aliphatic rings. The first-order chi connectivity index (χ1) is 9.24. The van der Waals surface area contributed by atoms with E-state index in [9.17, 15) is 9.90 Å². The van der Waals surface area contributed by atoms with E-state index < -0.39 is 0 Å². The third-order valence-corrected chi connectivity index (χ3v) is 3.45. The van der Waals surface area contributed by atoms with Gasteiger partial charge >= 0.3 is 0 Å². The van der Waals surface area contributed by atoms with Crippen LogP contribution in [0.5, 0.6) is 0 Å². The molecule has 98 valence electrons. The Morgan fingerprint density at radius 3 is 2.68 bits per heavy atom. The lowest BCUT2D eigenvalue weighted by Gasteiger charge is -2.16. The van der Waals surface area contributed by atoms with Crippen molar-refractivity contribution in [1.82, 2.24) is 9.47 Å². The maximum atomic E-state index is 12.3. The molecule has 4 heteroatoms. The van der Waals surface area contributed by atoms with Crippen LogP contribution in [0.15, 0.2) is 48.8 Å². The van der Waals surface area contributed by atoms with Crippen molar-refractivity contribution in [1.29, 1.82) is 0 Å². The average Bonchev–Trinajstić information content (AvgIpc) is 3.09. The zero-order chi connectivity index (χ0) is 13.2. The van der Waals surface area contributed by atoms with Crippen LogP contribution in [-0.4, -0.2) is 39.7 Å². The molecule has 2 heterocycles. The average molecular weight is 256 g/mol. The summed E-state index contributed by atoms with van der Waals surface area (Å²) in [6, 6.07) is 11.5. The number of hydrogen-bond acceptors (Lipinski definition) is 2. The van der Waals surface area contributed by atoms with Gasteiger partial charge in [-0.1, -0.05) is 6.07 Å². The number of carbonyl (C=O) groups excluding carboxylic acids is 1. The van der Waals surface area contributed by atoms with Gasteiger partial charge in [0.1, 0.15) is 0 Å². The Morgan fingerprint density at radius 2 is 2.00 bits per heavy atom. The molecule has 1 fully saturated rings. The smallest absolute Gasteiger partial charge is 0.254 e. The molecule has 1 aromatic heterocycles. The molecule has 1 unspecified atom stereocenters. The number of rotatable bonds is 2. The van der Waals surface area contributed by atoms with E-state index in [1.807, 2.05) is 53.4 Å². The van der Waals surface area contributed by atoms with Crippen LogP contribution < -0.4 is 0 Å². The van der Waals surface area contributed by atoms with Crippen LogP contribution in [0.4, 0.5) is 0 Å². The molecular formula is C15H16N2O2. The van der Waals surface area contributed by atoms with Crippen LogP contribution in [0.1, 0.15) is 16.8 Å². The molecule has 0 radical (unpaired) electrons. The topological polar surface area (TPSA) is 45.5 Å². The summed E-state index contributed by atoms with van der Waals surface area (Å²) in [5.74, 6) is -0.00874. The Kier molecular flexibility index (Phi) is 3.09. The molecule has 0 aliphatic carbocycles. The fourth-order valence-electron chi connectivity index (χ4n) is 2.42. The van der Waals surface area contributed by atoms with Gasteiger partial charge in [-0.25, -0.2) is 0 Å². The lowest BCUT2D eigenvalue weighted by atomic mass is 10.1. The van der Waals surface area contributed by atoms with Crippen molar-refractivity contribution in [3.8, 4) is 5.69 Å². The van der Waals surface area contributed by atoms with Gasteiger partial charge < -0.3 is 14.6 Å². The standard InChI is InChI=1S/C15H16N2O2/c18-14-6-9-17(11-14)15(19)12-4-3-5-13(10-12)16-7-1-2-8-16/h1-5,7-8,10,14,18H,6,9,11H2. The van der Waals surface area contributed by atoms with E-state index in [0.29, 0.717) is 25.1 Å². The monoisotopic (exact) mass is 256 g/mol. The molecule has 1 atom stereocenters. The SMILES string of the molecule is O=C(c1cccc(-n2cccc2)c1)N1CCC(O)C1. The van der Waals surface area contributed by atoms with E-state index in [4.69, 9.17) is 0 Å². The minimum Gasteiger partial charge on any atom is -0.391 e. The molecule has 4 nitrogen and oxygen atoms in total. The Hall–Kier alpha value is -2.07. The fraction of sp³-hybridized carbons (Fsp3) is 0.267. The minimum absolute atomic E-state index is 0.00874. The van der Waals surface area contributed by atoms with Crippen molar-refractivity contribution < 1.29 is 9.90 Å². The second-order valence-electron chi connectivity index (χ2n) is 4.83.